The number of nitrogens with zero attached hydrogens (tertiary/aromatic N) is 2. The van der Waals surface area contributed by atoms with E-state index in [4.69, 9.17) is 27.6 Å². The van der Waals surface area contributed by atoms with Gasteiger partial charge >= 0.3 is 6.03 Å². The molecule has 2 aliphatic rings. The first kappa shape index (κ1) is 20.0. The Morgan fingerprint density at radius 2 is 1.83 bits per heavy atom. The Bertz CT molecular complexity index is 1060. The third kappa shape index (κ3) is 3.80. The summed E-state index contributed by atoms with van der Waals surface area (Å²) in [5.74, 6) is -0.657. The molecule has 0 spiro atoms. The third-order valence-corrected chi connectivity index (χ3v) is 5.73. The number of rotatable bonds is 3. The summed E-state index contributed by atoms with van der Waals surface area (Å²) in [6, 6.07) is 5.13. The summed E-state index contributed by atoms with van der Waals surface area (Å²) in [6.45, 7) is 1.75. The lowest BCUT2D eigenvalue weighted by Gasteiger charge is -2.26. The zero-order chi connectivity index (χ0) is 20.7. The van der Waals surface area contributed by atoms with E-state index in [0.717, 1.165) is 35.3 Å². The lowest BCUT2D eigenvalue weighted by Crippen LogP contribution is -2.54. The van der Waals surface area contributed by atoms with Crippen molar-refractivity contribution in [3.05, 3.63) is 50.1 Å². The van der Waals surface area contributed by atoms with Crippen molar-refractivity contribution < 1.29 is 18.8 Å². The van der Waals surface area contributed by atoms with E-state index in [2.05, 4.69) is 26.1 Å². The monoisotopic (exact) mass is 497 g/mol. The fourth-order valence-corrected chi connectivity index (χ4v) is 4.31. The summed E-state index contributed by atoms with van der Waals surface area (Å²) >= 11 is 15.5. The molecule has 0 unspecified atom stereocenters. The molecule has 10 heteroatoms. The Labute approximate surface area is 184 Å². The minimum atomic E-state index is -0.889. The molecule has 1 aromatic heterocycles. The van der Waals surface area contributed by atoms with E-state index >= 15 is 0 Å². The quantitative estimate of drug-likeness (QED) is 0.493. The Morgan fingerprint density at radius 1 is 1.10 bits per heavy atom. The van der Waals surface area contributed by atoms with Gasteiger partial charge in [-0.05, 0) is 53.0 Å². The number of furan rings is 1. The molecule has 4 amide bonds. The van der Waals surface area contributed by atoms with Crippen LogP contribution in [0.5, 0.6) is 0 Å². The first-order chi connectivity index (χ1) is 13.8. The molecule has 150 valence electrons. The number of nitrogens with one attached hydrogen (secondary N) is 1. The molecule has 29 heavy (non-hydrogen) atoms. The Kier molecular flexibility index (Phi) is 5.42. The molecule has 0 aliphatic carbocycles. The van der Waals surface area contributed by atoms with Crippen LogP contribution in [0.25, 0.3) is 6.08 Å². The number of amides is 4. The Morgan fingerprint density at radius 3 is 2.52 bits per heavy atom. The summed E-state index contributed by atoms with van der Waals surface area (Å²) in [6.07, 6.45) is 3.46. The second-order valence-corrected chi connectivity index (χ2v) is 8.25. The van der Waals surface area contributed by atoms with Gasteiger partial charge in [0.2, 0.25) is 5.88 Å². The molecular weight excluding hydrogens is 485 g/mol. The standard InChI is InChI=1S/C19H14BrCl2N3O4/c20-13-9-11(29-18(13)24-5-1-2-6-24)8-12-16(26)23-19(28)25(17(12)27)15-4-3-10(21)7-14(15)22/h3-4,7-9H,1-2,5-6H2,(H,23,26,28)/b12-8+. The van der Waals surface area contributed by atoms with E-state index in [-0.39, 0.29) is 16.3 Å². The Hall–Kier alpha value is -2.29. The molecule has 2 aromatic rings. The number of barbiturate groups is 1. The van der Waals surface area contributed by atoms with Crippen molar-refractivity contribution in [2.24, 2.45) is 0 Å². The highest BCUT2D eigenvalue weighted by molar-refractivity contribution is 9.10. The van der Waals surface area contributed by atoms with Gasteiger partial charge in [0, 0.05) is 24.2 Å². The van der Waals surface area contributed by atoms with E-state index in [9.17, 15) is 14.4 Å². The molecule has 0 radical (unpaired) electrons. The summed E-state index contributed by atoms with van der Waals surface area (Å²) in [5, 5.41) is 2.61. The molecule has 0 saturated carbocycles. The Balaban J connectivity index is 1.69. The SMILES string of the molecule is O=C1NC(=O)N(c2ccc(Cl)cc2Cl)C(=O)/C1=C/c1cc(Br)c(N2CCCC2)o1. The molecule has 1 N–H and O–H groups in total. The zero-order valence-electron chi connectivity index (χ0n) is 14.9. The van der Waals surface area contributed by atoms with Crippen molar-refractivity contribution in [2.45, 2.75) is 12.8 Å². The van der Waals surface area contributed by atoms with E-state index in [1.165, 1.54) is 24.3 Å². The van der Waals surface area contributed by atoms with Gasteiger partial charge in [-0.3, -0.25) is 14.9 Å². The molecule has 0 bridgehead atoms. The number of urea groups is 1. The van der Waals surface area contributed by atoms with Crippen LogP contribution in [0.2, 0.25) is 10.0 Å². The lowest BCUT2D eigenvalue weighted by atomic mass is 10.1. The van der Waals surface area contributed by atoms with Crippen LogP contribution in [0.1, 0.15) is 18.6 Å². The van der Waals surface area contributed by atoms with Crippen LogP contribution in [0.4, 0.5) is 16.4 Å². The number of hydrogen-bond acceptors (Lipinski definition) is 5. The zero-order valence-corrected chi connectivity index (χ0v) is 18.0. The fraction of sp³-hybridized carbons (Fsp3) is 0.211. The molecular formula is C19H14BrCl2N3O4. The molecule has 2 aliphatic heterocycles. The van der Waals surface area contributed by atoms with Crippen molar-refractivity contribution in [2.75, 3.05) is 22.9 Å². The first-order valence-electron chi connectivity index (χ1n) is 8.76. The molecule has 3 heterocycles. The van der Waals surface area contributed by atoms with Gasteiger partial charge in [-0.1, -0.05) is 23.2 Å². The van der Waals surface area contributed by atoms with Crippen LogP contribution < -0.4 is 15.1 Å². The molecule has 1 aromatic carbocycles. The second kappa shape index (κ2) is 7.85. The van der Waals surface area contributed by atoms with Gasteiger partial charge in [0.1, 0.15) is 11.3 Å². The van der Waals surface area contributed by atoms with Gasteiger partial charge in [0.25, 0.3) is 11.8 Å². The van der Waals surface area contributed by atoms with Crippen LogP contribution in [0.15, 0.2) is 38.7 Å². The number of halogens is 3. The summed E-state index contributed by atoms with van der Waals surface area (Å²) in [7, 11) is 0. The fourth-order valence-electron chi connectivity index (χ4n) is 3.26. The molecule has 0 atom stereocenters. The minimum Gasteiger partial charge on any atom is -0.440 e. The first-order valence-corrected chi connectivity index (χ1v) is 10.3. The second-order valence-electron chi connectivity index (χ2n) is 6.55. The van der Waals surface area contributed by atoms with Crippen molar-refractivity contribution in [1.29, 1.82) is 0 Å². The van der Waals surface area contributed by atoms with Crippen LogP contribution in [-0.4, -0.2) is 30.9 Å². The minimum absolute atomic E-state index is 0.103. The number of imide groups is 2. The van der Waals surface area contributed by atoms with Gasteiger partial charge in [0.05, 0.1) is 15.2 Å². The highest BCUT2D eigenvalue weighted by Crippen LogP contribution is 2.35. The number of benzene rings is 1. The maximum absolute atomic E-state index is 13.0. The summed E-state index contributed by atoms with van der Waals surface area (Å²) in [5.41, 5.74) is -0.125. The van der Waals surface area contributed by atoms with Crippen molar-refractivity contribution in [3.63, 3.8) is 0 Å². The van der Waals surface area contributed by atoms with E-state index in [1.54, 1.807) is 6.07 Å². The van der Waals surface area contributed by atoms with Crippen LogP contribution in [0, 0.1) is 0 Å². The largest absolute Gasteiger partial charge is 0.440 e. The average molecular weight is 499 g/mol. The average Bonchev–Trinajstić information content (AvgIpc) is 3.29. The van der Waals surface area contributed by atoms with Gasteiger partial charge in [-0.2, -0.15) is 0 Å². The summed E-state index contributed by atoms with van der Waals surface area (Å²) in [4.78, 5) is 40.5. The van der Waals surface area contributed by atoms with Crippen LogP contribution in [-0.2, 0) is 9.59 Å². The molecule has 2 fully saturated rings. The number of hydrogen-bond donors (Lipinski definition) is 1. The molecule has 2 saturated heterocycles. The molecule has 7 nitrogen and oxygen atoms in total. The molecule has 4 rings (SSSR count). The van der Waals surface area contributed by atoms with Crippen molar-refractivity contribution >= 4 is 74.6 Å². The van der Waals surface area contributed by atoms with Gasteiger partial charge < -0.3 is 9.32 Å². The van der Waals surface area contributed by atoms with Gasteiger partial charge in [0.15, 0.2) is 0 Å². The highest BCUT2D eigenvalue weighted by atomic mass is 79.9. The number of carbonyl (C=O) groups is 3. The highest BCUT2D eigenvalue weighted by Gasteiger charge is 2.38. The normalized spacial score (nSPS) is 18.7. The van der Waals surface area contributed by atoms with Gasteiger partial charge in [-0.15, -0.1) is 0 Å². The van der Waals surface area contributed by atoms with Crippen LogP contribution in [0.3, 0.4) is 0 Å². The van der Waals surface area contributed by atoms with Crippen LogP contribution >= 0.6 is 39.1 Å². The number of carbonyl (C=O) groups excluding carboxylic acids is 3. The van der Waals surface area contributed by atoms with Gasteiger partial charge in [-0.25, -0.2) is 9.69 Å². The van der Waals surface area contributed by atoms with E-state index in [0.29, 0.717) is 16.7 Å². The van der Waals surface area contributed by atoms with E-state index < -0.39 is 17.8 Å². The summed E-state index contributed by atoms with van der Waals surface area (Å²) < 4.78 is 6.55. The maximum atomic E-state index is 13.0. The third-order valence-electron chi connectivity index (χ3n) is 4.62. The topological polar surface area (TPSA) is 82.9 Å². The number of anilines is 2. The van der Waals surface area contributed by atoms with Crippen molar-refractivity contribution in [3.8, 4) is 0 Å². The van der Waals surface area contributed by atoms with E-state index in [1.807, 2.05) is 0 Å². The smallest absolute Gasteiger partial charge is 0.335 e. The lowest BCUT2D eigenvalue weighted by molar-refractivity contribution is -0.122. The predicted octanol–water partition coefficient (Wildman–Crippen LogP) is 4.62. The maximum Gasteiger partial charge on any atom is 0.335 e. The van der Waals surface area contributed by atoms with Crippen molar-refractivity contribution in [1.82, 2.24) is 5.32 Å². The predicted molar refractivity (Wildman–Crippen MR) is 113 cm³/mol.